The van der Waals surface area contributed by atoms with Gasteiger partial charge in [0.25, 0.3) is 0 Å². The zero-order valence-corrected chi connectivity index (χ0v) is 10.0. The number of nitrogens with zero attached hydrogens (tertiary/aromatic N) is 2. The first-order chi connectivity index (χ1) is 7.70. The molecule has 4 heteroatoms. The number of aliphatic imine (C=N–C) groups is 1. The fourth-order valence-corrected chi connectivity index (χ4v) is 2.96. The van der Waals surface area contributed by atoms with Gasteiger partial charge in [-0.15, -0.1) is 0 Å². The van der Waals surface area contributed by atoms with Crippen LogP contribution in [0.4, 0.5) is 4.79 Å². The normalized spacial score (nSPS) is 24.7. The monoisotopic (exact) mass is 223 g/mol. The molecule has 2 aliphatic rings. The molecule has 1 spiro atoms. The third kappa shape index (κ3) is 1.70. The third-order valence-electron chi connectivity index (χ3n) is 3.82. The van der Waals surface area contributed by atoms with Crippen LogP contribution >= 0.6 is 0 Å². The zero-order valence-electron chi connectivity index (χ0n) is 10.0. The molecule has 0 bridgehead atoms. The van der Waals surface area contributed by atoms with Crippen LogP contribution in [0.3, 0.4) is 0 Å². The highest BCUT2D eigenvalue weighted by atomic mass is 16.2. The summed E-state index contributed by atoms with van der Waals surface area (Å²) >= 11 is 0. The molecular formula is C12H21N3O. The van der Waals surface area contributed by atoms with Gasteiger partial charge in [-0.25, -0.2) is 4.79 Å². The van der Waals surface area contributed by atoms with Gasteiger partial charge in [0.05, 0.1) is 0 Å². The van der Waals surface area contributed by atoms with E-state index in [0.717, 1.165) is 38.6 Å². The summed E-state index contributed by atoms with van der Waals surface area (Å²) in [6, 6.07) is -0.124. The van der Waals surface area contributed by atoms with Gasteiger partial charge in [-0.2, -0.15) is 4.99 Å². The molecule has 1 aliphatic heterocycles. The van der Waals surface area contributed by atoms with Crippen LogP contribution < -0.4 is 5.73 Å². The van der Waals surface area contributed by atoms with Gasteiger partial charge in [-0.3, -0.25) is 0 Å². The van der Waals surface area contributed by atoms with E-state index in [-0.39, 0.29) is 11.6 Å². The van der Waals surface area contributed by atoms with Crippen molar-refractivity contribution >= 4 is 11.9 Å². The molecule has 0 radical (unpaired) electrons. The molecule has 0 aromatic heterocycles. The second-order valence-electron chi connectivity index (χ2n) is 4.88. The lowest BCUT2D eigenvalue weighted by atomic mass is 9.88. The second kappa shape index (κ2) is 4.44. The van der Waals surface area contributed by atoms with Gasteiger partial charge in [0.2, 0.25) is 0 Å². The number of amidine groups is 1. The molecule has 1 heterocycles. The van der Waals surface area contributed by atoms with E-state index in [4.69, 9.17) is 5.73 Å². The minimum Gasteiger partial charge on any atom is -0.385 e. The average Bonchev–Trinajstić information content (AvgIpc) is 2.49. The van der Waals surface area contributed by atoms with Crippen molar-refractivity contribution in [3.63, 3.8) is 0 Å². The summed E-state index contributed by atoms with van der Waals surface area (Å²) in [5, 5.41) is 0. The number of carbonyl (C=O) groups is 1. The Hall–Kier alpha value is -1.06. The highest BCUT2D eigenvalue weighted by Crippen LogP contribution is 2.36. The van der Waals surface area contributed by atoms with Crippen LogP contribution in [-0.2, 0) is 0 Å². The van der Waals surface area contributed by atoms with Crippen molar-refractivity contribution in [3.05, 3.63) is 0 Å². The molecule has 2 N–H and O–H groups in total. The summed E-state index contributed by atoms with van der Waals surface area (Å²) < 4.78 is 0. The summed E-state index contributed by atoms with van der Waals surface area (Å²) in [7, 11) is 0. The molecule has 2 amide bonds. The third-order valence-corrected chi connectivity index (χ3v) is 3.82. The standard InChI is InChI=1S/C12H21N3O/c1-2-9-15-11(16)14-10(13)12(15)7-5-3-4-6-8-12/h2-9H2,1H3,(H2,13,14,16). The van der Waals surface area contributed by atoms with Crippen LogP contribution in [0, 0.1) is 0 Å². The molecule has 4 nitrogen and oxygen atoms in total. The topological polar surface area (TPSA) is 58.7 Å². The minimum atomic E-state index is -0.233. The van der Waals surface area contributed by atoms with Crippen molar-refractivity contribution in [3.8, 4) is 0 Å². The van der Waals surface area contributed by atoms with Gasteiger partial charge < -0.3 is 10.6 Å². The van der Waals surface area contributed by atoms with Gasteiger partial charge >= 0.3 is 6.03 Å². The SMILES string of the molecule is CCCN1C(=O)N=C(N)C12CCCCCC2. The first-order valence-electron chi connectivity index (χ1n) is 6.37. The first-order valence-corrected chi connectivity index (χ1v) is 6.37. The van der Waals surface area contributed by atoms with Crippen molar-refractivity contribution in [2.45, 2.75) is 57.4 Å². The van der Waals surface area contributed by atoms with E-state index in [1.807, 2.05) is 4.90 Å². The van der Waals surface area contributed by atoms with Crippen molar-refractivity contribution in [1.29, 1.82) is 0 Å². The predicted molar refractivity (Wildman–Crippen MR) is 64.4 cm³/mol. The smallest absolute Gasteiger partial charge is 0.346 e. The van der Waals surface area contributed by atoms with Crippen LogP contribution in [0.5, 0.6) is 0 Å². The number of urea groups is 1. The number of amides is 2. The van der Waals surface area contributed by atoms with Crippen LogP contribution in [0.25, 0.3) is 0 Å². The molecule has 0 saturated heterocycles. The predicted octanol–water partition coefficient (Wildman–Crippen LogP) is 2.28. The first kappa shape index (κ1) is 11.4. The van der Waals surface area contributed by atoms with Crippen molar-refractivity contribution in [1.82, 2.24) is 4.90 Å². The number of rotatable bonds is 2. The summed E-state index contributed by atoms with van der Waals surface area (Å²) in [5.74, 6) is 0.563. The summed E-state index contributed by atoms with van der Waals surface area (Å²) in [6.07, 6.45) is 7.78. The Morgan fingerprint density at radius 1 is 1.31 bits per heavy atom. The largest absolute Gasteiger partial charge is 0.385 e. The highest BCUT2D eigenvalue weighted by molar-refractivity contribution is 6.05. The van der Waals surface area contributed by atoms with Crippen molar-refractivity contribution in [2.75, 3.05) is 6.54 Å². The van der Waals surface area contributed by atoms with Crippen molar-refractivity contribution < 1.29 is 4.79 Å². The Labute approximate surface area is 96.9 Å². The van der Waals surface area contributed by atoms with Gasteiger partial charge in [0, 0.05) is 6.54 Å². The Bertz CT molecular complexity index is 303. The molecule has 16 heavy (non-hydrogen) atoms. The molecular weight excluding hydrogens is 202 g/mol. The van der Waals surface area contributed by atoms with E-state index in [0.29, 0.717) is 5.84 Å². The molecule has 0 aromatic carbocycles. The van der Waals surface area contributed by atoms with Crippen LogP contribution in [0.2, 0.25) is 0 Å². The molecule has 1 fully saturated rings. The second-order valence-corrected chi connectivity index (χ2v) is 4.88. The minimum absolute atomic E-state index is 0.124. The lowest BCUT2D eigenvalue weighted by Gasteiger charge is -2.37. The Balaban J connectivity index is 2.26. The number of carbonyl (C=O) groups excluding carboxylic acids is 1. The van der Waals surface area contributed by atoms with Crippen LogP contribution in [0.1, 0.15) is 51.9 Å². The highest BCUT2D eigenvalue weighted by Gasteiger charge is 2.47. The van der Waals surface area contributed by atoms with E-state index in [1.165, 1.54) is 12.8 Å². The summed E-state index contributed by atoms with van der Waals surface area (Å²) in [5.41, 5.74) is 5.78. The Morgan fingerprint density at radius 2 is 1.94 bits per heavy atom. The van der Waals surface area contributed by atoms with E-state index in [2.05, 4.69) is 11.9 Å². The van der Waals surface area contributed by atoms with Crippen LogP contribution in [-0.4, -0.2) is 28.9 Å². The van der Waals surface area contributed by atoms with Gasteiger partial charge in [-0.05, 0) is 19.3 Å². The zero-order chi connectivity index (χ0) is 11.6. The van der Waals surface area contributed by atoms with E-state index < -0.39 is 0 Å². The number of hydrogen-bond acceptors (Lipinski definition) is 2. The fourth-order valence-electron chi connectivity index (χ4n) is 2.96. The van der Waals surface area contributed by atoms with Gasteiger partial charge in [-0.1, -0.05) is 32.6 Å². The Morgan fingerprint density at radius 3 is 2.50 bits per heavy atom. The maximum absolute atomic E-state index is 11.8. The molecule has 0 aromatic rings. The maximum Gasteiger partial charge on any atom is 0.346 e. The van der Waals surface area contributed by atoms with E-state index in [9.17, 15) is 4.79 Å². The Kier molecular flexibility index (Phi) is 3.17. The van der Waals surface area contributed by atoms with Gasteiger partial charge in [0.1, 0.15) is 11.4 Å². The summed E-state index contributed by atoms with van der Waals surface area (Å²) in [6.45, 7) is 2.87. The lowest BCUT2D eigenvalue weighted by Crippen LogP contribution is -2.54. The fraction of sp³-hybridized carbons (Fsp3) is 0.833. The average molecular weight is 223 g/mol. The maximum atomic E-state index is 11.8. The molecule has 2 rings (SSSR count). The van der Waals surface area contributed by atoms with E-state index >= 15 is 0 Å². The molecule has 1 aliphatic carbocycles. The van der Waals surface area contributed by atoms with Crippen LogP contribution in [0.15, 0.2) is 4.99 Å². The van der Waals surface area contributed by atoms with Gasteiger partial charge in [0.15, 0.2) is 0 Å². The van der Waals surface area contributed by atoms with Crippen molar-refractivity contribution in [2.24, 2.45) is 10.7 Å². The molecule has 1 saturated carbocycles. The quantitative estimate of drug-likeness (QED) is 0.780. The molecule has 90 valence electrons. The lowest BCUT2D eigenvalue weighted by molar-refractivity contribution is 0.160. The molecule has 0 atom stereocenters. The number of nitrogens with two attached hydrogens (primary N) is 1. The molecule has 0 unspecified atom stereocenters. The summed E-state index contributed by atoms with van der Waals surface area (Å²) in [4.78, 5) is 17.7. The number of hydrogen-bond donors (Lipinski definition) is 1. The van der Waals surface area contributed by atoms with E-state index in [1.54, 1.807) is 0 Å².